The van der Waals surface area contributed by atoms with Gasteiger partial charge in [0.2, 0.25) is 5.91 Å². The third kappa shape index (κ3) is 3.26. The topological polar surface area (TPSA) is 64.3 Å². The Labute approximate surface area is 120 Å². The fourth-order valence-electron chi connectivity index (χ4n) is 3.24. The molecule has 0 spiro atoms. The monoisotopic (exact) mass is 284 g/mol. The first-order valence-corrected chi connectivity index (χ1v) is 7.65. The SMILES string of the molecule is CC1CC(C(=O)NCCOC2CCCC2)(C(N)=S)C1. The van der Waals surface area contributed by atoms with Crippen LogP contribution in [0.4, 0.5) is 0 Å². The smallest absolute Gasteiger partial charge is 0.233 e. The summed E-state index contributed by atoms with van der Waals surface area (Å²) in [5, 5.41) is 2.92. The summed E-state index contributed by atoms with van der Waals surface area (Å²) in [6.07, 6.45) is 6.78. The highest BCUT2D eigenvalue weighted by molar-refractivity contribution is 7.80. The summed E-state index contributed by atoms with van der Waals surface area (Å²) in [7, 11) is 0. The van der Waals surface area contributed by atoms with Crippen molar-refractivity contribution in [2.45, 2.75) is 51.6 Å². The van der Waals surface area contributed by atoms with Gasteiger partial charge in [-0.15, -0.1) is 0 Å². The van der Waals surface area contributed by atoms with Crippen molar-refractivity contribution in [1.82, 2.24) is 5.32 Å². The molecule has 1 amide bonds. The maximum absolute atomic E-state index is 12.2. The van der Waals surface area contributed by atoms with E-state index in [1.807, 2.05) is 0 Å². The Morgan fingerprint density at radius 2 is 2.05 bits per heavy atom. The van der Waals surface area contributed by atoms with Crippen LogP contribution in [0.1, 0.15) is 45.4 Å². The number of nitrogens with two attached hydrogens (primary N) is 1. The third-order valence-electron chi connectivity index (χ3n) is 4.34. The van der Waals surface area contributed by atoms with Crippen LogP contribution in [0.25, 0.3) is 0 Å². The number of carbonyl (C=O) groups excluding carboxylic acids is 1. The van der Waals surface area contributed by atoms with Crippen LogP contribution in [0.15, 0.2) is 0 Å². The maximum atomic E-state index is 12.2. The molecule has 0 unspecified atom stereocenters. The summed E-state index contributed by atoms with van der Waals surface area (Å²) >= 11 is 5.06. The van der Waals surface area contributed by atoms with E-state index in [2.05, 4.69) is 12.2 Å². The van der Waals surface area contributed by atoms with E-state index >= 15 is 0 Å². The summed E-state index contributed by atoms with van der Waals surface area (Å²) in [6, 6.07) is 0. The molecule has 2 fully saturated rings. The van der Waals surface area contributed by atoms with Crippen LogP contribution in [-0.2, 0) is 9.53 Å². The van der Waals surface area contributed by atoms with Crippen LogP contribution in [0, 0.1) is 11.3 Å². The number of ether oxygens (including phenoxy) is 1. The molecule has 0 aromatic carbocycles. The Bertz CT molecular complexity index is 347. The molecule has 2 saturated carbocycles. The van der Waals surface area contributed by atoms with E-state index in [-0.39, 0.29) is 5.91 Å². The van der Waals surface area contributed by atoms with E-state index in [1.165, 1.54) is 12.8 Å². The van der Waals surface area contributed by atoms with Gasteiger partial charge in [0.25, 0.3) is 0 Å². The predicted molar refractivity (Wildman–Crippen MR) is 78.8 cm³/mol. The van der Waals surface area contributed by atoms with E-state index < -0.39 is 5.41 Å². The van der Waals surface area contributed by atoms with Crippen molar-refractivity contribution >= 4 is 23.1 Å². The van der Waals surface area contributed by atoms with E-state index in [4.69, 9.17) is 22.7 Å². The van der Waals surface area contributed by atoms with Crippen LogP contribution in [0.2, 0.25) is 0 Å². The molecule has 5 heteroatoms. The number of amides is 1. The van der Waals surface area contributed by atoms with Gasteiger partial charge in [-0.25, -0.2) is 0 Å². The van der Waals surface area contributed by atoms with Gasteiger partial charge in [0, 0.05) is 6.54 Å². The number of hydrogen-bond donors (Lipinski definition) is 2. The highest BCUT2D eigenvalue weighted by Gasteiger charge is 2.50. The summed E-state index contributed by atoms with van der Waals surface area (Å²) in [5.74, 6) is 0.509. The number of nitrogens with one attached hydrogen (secondary N) is 1. The Morgan fingerprint density at radius 1 is 1.42 bits per heavy atom. The molecule has 0 aromatic heterocycles. The highest BCUT2D eigenvalue weighted by atomic mass is 32.1. The second-order valence-electron chi connectivity index (χ2n) is 5.99. The van der Waals surface area contributed by atoms with Gasteiger partial charge >= 0.3 is 0 Å². The molecule has 0 heterocycles. The Kier molecular flexibility index (Phi) is 4.79. The summed E-state index contributed by atoms with van der Waals surface area (Å²) in [6.45, 7) is 3.25. The molecular weight excluding hydrogens is 260 g/mol. The molecule has 2 aliphatic rings. The molecule has 19 heavy (non-hydrogen) atoms. The fraction of sp³-hybridized carbons (Fsp3) is 0.857. The number of rotatable bonds is 6. The molecule has 0 radical (unpaired) electrons. The lowest BCUT2D eigenvalue weighted by atomic mass is 9.62. The average Bonchev–Trinajstić information content (AvgIpc) is 2.82. The Morgan fingerprint density at radius 3 is 2.58 bits per heavy atom. The van der Waals surface area contributed by atoms with Crippen LogP contribution in [0.5, 0.6) is 0 Å². The predicted octanol–water partition coefficient (Wildman–Crippen LogP) is 1.76. The molecule has 0 aromatic rings. The first-order valence-electron chi connectivity index (χ1n) is 7.24. The fourth-order valence-corrected chi connectivity index (χ4v) is 3.50. The minimum Gasteiger partial charge on any atom is -0.392 e. The molecule has 2 rings (SSSR count). The van der Waals surface area contributed by atoms with Crippen molar-refractivity contribution in [2.24, 2.45) is 17.1 Å². The lowest BCUT2D eigenvalue weighted by Crippen LogP contribution is -2.56. The van der Waals surface area contributed by atoms with Crippen molar-refractivity contribution in [2.75, 3.05) is 13.2 Å². The number of thiocarbonyl (C=S) groups is 1. The van der Waals surface area contributed by atoms with E-state index in [9.17, 15) is 4.79 Å². The quantitative estimate of drug-likeness (QED) is 0.576. The van der Waals surface area contributed by atoms with Crippen molar-refractivity contribution in [3.05, 3.63) is 0 Å². The van der Waals surface area contributed by atoms with Crippen LogP contribution in [-0.4, -0.2) is 30.2 Å². The van der Waals surface area contributed by atoms with Crippen LogP contribution >= 0.6 is 12.2 Å². The van der Waals surface area contributed by atoms with E-state index in [1.54, 1.807) is 0 Å². The van der Waals surface area contributed by atoms with Gasteiger partial charge in [-0.05, 0) is 31.6 Å². The summed E-state index contributed by atoms with van der Waals surface area (Å²) < 4.78 is 5.72. The first-order chi connectivity index (χ1) is 9.04. The molecule has 108 valence electrons. The Balaban J connectivity index is 1.69. The van der Waals surface area contributed by atoms with Crippen LogP contribution < -0.4 is 11.1 Å². The zero-order chi connectivity index (χ0) is 13.9. The first kappa shape index (κ1) is 14.7. The number of carbonyl (C=O) groups is 1. The number of hydrogen-bond acceptors (Lipinski definition) is 3. The van der Waals surface area contributed by atoms with Gasteiger partial charge in [-0.2, -0.15) is 0 Å². The van der Waals surface area contributed by atoms with E-state index in [0.29, 0.717) is 30.2 Å². The zero-order valence-electron chi connectivity index (χ0n) is 11.6. The van der Waals surface area contributed by atoms with Gasteiger partial charge in [0.15, 0.2) is 0 Å². The standard InChI is InChI=1S/C14H24N2O2S/c1-10-8-14(9-10,12(15)19)13(17)16-6-7-18-11-4-2-3-5-11/h10-11H,2-9H2,1H3,(H2,15,19)(H,16,17). The van der Waals surface area contributed by atoms with Crippen molar-refractivity contribution in [1.29, 1.82) is 0 Å². The molecule has 0 saturated heterocycles. The molecular formula is C14H24N2O2S. The molecule has 4 nitrogen and oxygen atoms in total. The second kappa shape index (κ2) is 6.18. The normalized spacial score (nSPS) is 30.9. The van der Waals surface area contributed by atoms with E-state index in [0.717, 1.165) is 25.7 Å². The van der Waals surface area contributed by atoms with Crippen molar-refractivity contribution in [3.63, 3.8) is 0 Å². The minimum absolute atomic E-state index is 0.0203. The van der Waals surface area contributed by atoms with Gasteiger partial charge in [-0.1, -0.05) is 32.0 Å². The summed E-state index contributed by atoms with van der Waals surface area (Å²) in [4.78, 5) is 12.5. The lowest BCUT2D eigenvalue weighted by Gasteiger charge is -2.44. The minimum atomic E-state index is -0.595. The van der Waals surface area contributed by atoms with Crippen molar-refractivity contribution in [3.8, 4) is 0 Å². The maximum Gasteiger partial charge on any atom is 0.233 e. The Hall–Kier alpha value is -0.680. The molecule has 2 aliphatic carbocycles. The zero-order valence-corrected chi connectivity index (χ0v) is 12.4. The van der Waals surface area contributed by atoms with Gasteiger partial charge in [0.1, 0.15) is 0 Å². The molecule has 0 aliphatic heterocycles. The molecule has 0 atom stereocenters. The lowest BCUT2D eigenvalue weighted by molar-refractivity contribution is -0.133. The second-order valence-corrected chi connectivity index (χ2v) is 6.43. The summed E-state index contributed by atoms with van der Waals surface area (Å²) in [5.41, 5.74) is 5.14. The highest BCUT2D eigenvalue weighted by Crippen LogP contribution is 2.45. The van der Waals surface area contributed by atoms with Crippen molar-refractivity contribution < 1.29 is 9.53 Å². The van der Waals surface area contributed by atoms with Gasteiger partial charge in [-0.3, -0.25) is 4.79 Å². The molecule has 0 bridgehead atoms. The molecule has 3 N–H and O–H groups in total. The van der Waals surface area contributed by atoms with Gasteiger partial charge in [0.05, 0.1) is 23.1 Å². The largest absolute Gasteiger partial charge is 0.392 e. The van der Waals surface area contributed by atoms with Crippen LogP contribution in [0.3, 0.4) is 0 Å². The van der Waals surface area contributed by atoms with Gasteiger partial charge < -0.3 is 15.8 Å². The third-order valence-corrected chi connectivity index (χ3v) is 4.73. The average molecular weight is 284 g/mol.